The fraction of sp³-hybridized carbons (Fsp3) is 0.704. The molecule has 0 unspecified atom stereocenters. The van der Waals surface area contributed by atoms with Gasteiger partial charge in [-0.25, -0.2) is 21.6 Å². The SMILES string of the molecule is N/C(=N\OC(=O)COC1CCN(Cc2ccccc2)CC1)[C@@H]1CCCCN1S(=O)(=O)CC1CCCCC1.O=S(=O)(CC1CCCCC1)N1CCCC[C@H]1c1noc(COC2CCN(Cc3ccccc3)CC2)n1. The molecular weight excluding hydrogens is 969 g/mol. The third-order valence-corrected chi connectivity index (χ3v) is 19.9. The van der Waals surface area contributed by atoms with E-state index in [9.17, 15) is 21.6 Å². The minimum Gasteiger partial charge on any atom is -0.383 e. The number of likely N-dealkylation sites (tertiary alicyclic amines) is 2. The van der Waals surface area contributed by atoms with Crippen LogP contribution in [0.25, 0.3) is 0 Å². The van der Waals surface area contributed by atoms with E-state index in [1.54, 1.807) is 4.31 Å². The molecule has 6 fully saturated rings. The van der Waals surface area contributed by atoms with Gasteiger partial charge in [0.15, 0.2) is 11.7 Å². The van der Waals surface area contributed by atoms with Gasteiger partial charge in [0.25, 0.3) is 5.89 Å². The molecule has 2 aliphatic carbocycles. The zero-order valence-electron chi connectivity index (χ0n) is 43.1. The molecule has 5 heterocycles. The fourth-order valence-electron chi connectivity index (χ4n) is 11.7. The number of carbonyl (C=O) groups excluding carboxylic acids is 1. The Morgan fingerprint density at radius 1 is 0.603 bits per heavy atom. The number of piperidine rings is 4. The summed E-state index contributed by atoms with van der Waals surface area (Å²) in [6.07, 6.45) is 19.5. The molecule has 2 atom stereocenters. The summed E-state index contributed by atoms with van der Waals surface area (Å²) < 4.78 is 73.6. The van der Waals surface area contributed by atoms with Gasteiger partial charge in [-0.1, -0.05) is 122 Å². The number of amidine groups is 1. The highest BCUT2D eigenvalue weighted by molar-refractivity contribution is 7.89. The van der Waals surface area contributed by atoms with Crippen LogP contribution < -0.4 is 5.73 Å². The molecule has 4 saturated heterocycles. The second-order valence-electron chi connectivity index (χ2n) is 21.4. The lowest BCUT2D eigenvalue weighted by molar-refractivity contribution is -0.152. The van der Waals surface area contributed by atoms with Crippen LogP contribution in [0.15, 0.2) is 70.3 Å². The first-order chi connectivity index (χ1) is 35.5. The van der Waals surface area contributed by atoms with Crippen molar-refractivity contribution in [3.63, 3.8) is 0 Å². The van der Waals surface area contributed by atoms with Crippen LogP contribution in [-0.2, 0) is 58.8 Å². The molecule has 9 rings (SSSR count). The molecule has 0 bridgehead atoms. The topological polar surface area (TPSA) is 203 Å². The van der Waals surface area contributed by atoms with Crippen molar-refractivity contribution in [3.05, 3.63) is 83.5 Å². The van der Waals surface area contributed by atoms with E-state index in [4.69, 9.17) is 24.6 Å². The van der Waals surface area contributed by atoms with Crippen molar-refractivity contribution in [1.29, 1.82) is 0 Å². The number of aromatic nitrogens is 2. The van der Waals surface area contributed by atoms with Crippen LogP contribution in [0.4, 0.5) is 0 Å². The Hall–Kier alpha value is -3.82. The van der Waals surface area contributed by atoms with Crippen molar-refractivity contribution >= 4 is 31.9 Å². The highest BCUT2D eigenvalue weighted by Gasteiger charge is 2.39. The lowest BCUT2D eigenvalue weighted by atomic mass is 9.91. The quantitative estimate of drug-likeness (QED) is 0.0525. The molecule has 3 aromatic rings. The second-order valence-corrected chi connectivity index (χ2v) is 25.3. The molecule has 19 heteroatoms. The van der Waals surface area contributed by atoms with Crippen molar-refractivity contribution in [3.8, 4) is 0 Å². The molecule has 2 N–H and O–H groups in total. The van der Waals surface area contributed by atoms with Gasteiger partial charge in [0, 0.05) is 52.4 Å². The van der Waals surface area contributed by atoms with Crippen LogP contribution in [0.3, 0.4) is 0 Å². The van der Waals surface area contributed by atoms with Crippen LogP contribution in [0.2, 0.25) is 0 Å². The maximum absolute atomic E-state index is 13.3. The third-order valence-electron chi connectivity index (χ3n) is 15.8. The molecule has 17 nitrogen and oxygen atoms in total. The van der Waals surface area contributed by atoms with Crippen LogP contribution in [0.1, 0.15) is 157 Å². The number of nitrogens with two attached hydrogens (primary N) is 1. The Morgan fingerprint density at radius 3 is 1.66 bits per heavy atom. The molecule has 4 aliphatic heterocycles. The predicted molar refractivity (Wildman–Crippen MR) is 281 cm³/mol. The Labute approximate surface area is 435 Å². The van der Waals surface area contributed by atoms with Crippen molar-refractivity contribution in [2.75, 3.05) is 57.4 Å². The predicted octanol–water partition coefficient (Wildman–Crippen LogP) is 7.94. The van der Waals surface area contributed by atoms with Gasteiger partial charge in [0.05, 0.1) is 35.8 Å². The molecule has 404 valence electrons. The summed E-state index contributed by atoms with van der Waals surface area (Å²) in [5.41, 5.74) is 8.79. The lowest BCUT2D eigenvalue weighted by Crippen LogP contribution is -2.51. The second kappa shape index (κ2) is 27.8. The summed E-state index contributed by atoms with van der Waals surface area (Å²) in [6.45, 7) is 6.76. The van der Waals surface area contributed by atoms with Crippen LogP contribution in [-0.4, -0.2) is 133 Å². The van der Waals surface area contributed by atoms with Gasteiger partial charge in [0.1, 0.15) is 13.2 Å². The Bertz CT molecular complexity index is 2370. The van der Waals surface area contributed by atoms with Gasteiger partial charge in [-0.2, -0.15) is 13.6 Å². The number of oxime groups is 1. The molecule has 2 aromatic carbocycles. The number of sulfonamides is 2. The Morgan fingerprint density at radius 2 is 1.10 bits per heavy atom. The van der Waals surface area contributed by atoms with Crippen LogP contribution in [0.5, 0.6) is 0 Å². The van der Waals surface area contributed by atoms with Crippen molar-refractivity contribution < 1.29 is 40.5 Å². The maximum Gasteiger partial charge on any atom is 0.360 e. The van der Waals surface area contributed by atoms with Gasteiger partial charge in [-0.3, -0.25) is 9.80 Å². The molecule has 0 radical (unpaired) electrons. The standard InChI is InChI=1S/C27H42N4O5S.C27H40N4O4S/c28-27(25-13-7-8-16-31(25)37(33,34)21-23-11-5-2-6-12-23)29-36-26(32)20-35-24-14-17-30(18-15-24)19-22-9-3-1-4-10-22;32-36(33,21-23-11-5-2-6-12-23)31-16-8-7-13-25(31)27-28-26(35-29-27)20-34-24-14-17-30(18-15-24)19-22-9-3-1-4-10-22/h1,3-4,9-10,23-25H,2,5-8,11-21H2,(H2,28,29);1,3-4,9-10,23-25H,2,5-8,11-21H2/t2*25-/m00/s1. The number of hydrogen-bond donors (Lipinski definition) is 1. The van der Waals surface area contributed by atoms with E-state index in [0.29, 0.717) is 31.2 Å². The summed E-state index contributed by atoms with van der Waals surface area (Å²) in [7, 11) is -6.81. The molecule has 73 heavy (non-hydrogen) atoms. The average molecular weight is 1050 g/mol. The minimum absolute atomic E-state index is 0.000309. The van der Waals surface area contributed by atoms with Crippen molar-refractivity contribution in [1.82, 2.24) is 28.6 Å². The number of rotatable bonds is 19. The molecule has 2 saturated carbocycles. The lowest BCUT2D eigenvalue weighted by Gasteiger charge is -2.35. The number of nitrogens with zero attached hydrogens (tertiary/aromatic N) is 7. The summed E-state index contributed by atoms with van der Waals surface area (Å²) >= 11 is 0. The highest BCUT2D eigenvalue weighted by Crippen LogP contribution is 2.35. The summed E-state index contributed by atoms with van der Waals surface area (Å²) in [5.74, 6) is 1.23. The number of carbonyl (C=O) groups is 1. The van der Waals surface area contributed by atoms with E-state index >= 15 is 0 Å². The van der Waals surface area contributed by atoms with Gasteiger partial charge >= 0.3 is 5.97 Å². The molecule has 0 amide bonds. The summed E-state index contributed by atoms with van der Waals surface area (Å²) in [4.78, 5) is 26.7. The van der Waals surface area contributed by atoms with E-state index in [0.717, 1.165) is 148 Å². The maximum atomic E-state index is 13.3. The monoisotopic (exact) mass is 1050 g/mol. The molecule has 1 aromatic heterocycles. The van der Waals surface area contributed by atoms with Gasteiger partial charge < -0.3 is 24.6 Å². The first kappa shape index (κ1) is 55.4. The molecule has 0 spiro atoms. The Kier molecular flexibility index (Phi) is 21.1. The fourth-order valence-corrected chi connectivity index (χ4v) is 15.9. The van der Waals surface area contributed by atoms with Crippen molar-refractivity contribution in [2.45, 2.75) is 172 Å². The van der Waals surface area contributed by atoms with E-state index in [2.05, 4.69) is 67.6 Å². The molecule has 6 aliphatic rings. The van der Waals surface area contributed by atoms with Gasteiger partial charge in [0.2, 0.25) is 20.0 Å². The Balaban J connectivity index is 0.000000195. The summed E-state index contributed by atoms with van der Waals surface area (Å²) in [6, 6.07) is 20.0. The zero-order chi connectivity index (χ0) is 50.9. The van der Waals surface area contributed by atoms with E-state index in [1.165, 1.54) is 28.3 Å². The molecular formula is C54H82N8O9S2. The first-order valence-electron chi connectivity index (χ1n) is 27.6. The summed E-state index contributed by atoms with van der Waals surface area (Å²) in [5, 5.41) is 8.02. The number of benzene rings is 2. The minimum atomic E-state index is -3.46. The van der Waals surface area contributed by atoms with E-state index in [1.807, 2.05) is 18.2 Å². The number of hydrogen-bond acceptors (Lipinski definition) is 14. The largest absolute Gasteiger partial charge is 0.383 e. The highest BCUT2D eigenvalue weighted by atomic mass is 32.2. The van der Waals surface area contributed by atoms with Crippen molar-refractivity contribution in [2.24, 2.45) is 22.7 Å². The zero-order valence-corrected chi connectivity index (χ0v) is 44.7. The normalized spacial score (nSPS) is 23.7. The van der Waals surface area contributed by atoms with Gasteiger partial charge in [-0.15, -0.1) is 0 Å². The first-order valence-corrected chi connectivity index (χ1v) is 30.8. The smallest absolute Gasteiger partial charge is 0.360 e. The number of ether oxygens (including phenoxy) is 2. The van der Waals surface area contributed by atoms with E-state index in [-0.39, 0.29) is 60.6 Å². The van der Waals surface area contributed by atoms with Gasteiger partial charge in [-0.05, 0) is 100 Å². The van der Waals surface area contributed by atoms with Crippen LogP contribution in [0, 0.1) is 11.8 Å². The average Bonchev–Trinajstić information content (AvgIpc) is 3.90. The third kappa shape index (κ3) is 17.1. The van der Waals surface area contributed by atoms with Crippen LogP contribution >= 0.6 is 0 Å². The van der Waals surface area contributed by atoms with E-state index < -0.39 is 32.1 Å².